The van der Waals surface area contributed by atoms with Gasteiger partial charge in [0, 0.05) is 28.1 Å². The van der Waals surface area contributed by atoms with Gasteiger partial charge in [0.2, 0.25) is 5.88 Å². The number of carbonyl (C=O) groups is 1. The highest BCUT2D eigenvalue weighted by molar-refractivity contribution is 9.10. The quantitative estimate of drug-likeness (QED) is 0.351. The Balaban J connectivity index is 2.04. The molecule has 0 spiro atoms. The van der Waals surface area contributed by atoms with Gasteiger partial charge in [-0.2, -0.15) is 0 Å². The molecule has 3 rings (SSSR count). The Morgan fingerprint density at radius 1 is 1.11 bits per heavy atom. The van der Waals surface area contributed by atoms with Crippen molar-refractivity contribution in [2.45, 2.75) is 0 Å². The second-order valence-electron chi connectivity index (χ2n) is 5.23. The minimum Gasteiger partial charge on any atom is -0.493 e. The fourth-order valence-electron chi connectivity index (χ4n) is 2.35. The molecule has 136 valence electrons. The summed E-state index contributed by atoms with van der Waals surface area (Å²) < 4.78 is 0.686. The normalized spacial score (nSPS) is 11.1. The zero-order valence-electron chi connectivity index (χ0n) is 13.1. The van der Waals surface area contributed by atoms with Crippen LogP contribution in [0.2, 0.25) is 0 Å². The Kier molecular flexibility index (Phi) is 4.64. The Morgan fingerprint density at radius 2 is 1.85 bits per heavy atom. The van der Waals surface area contributed by atoms with Crippen LogP contribution in [0.1, 0.15) is 10.4 Å². The van der Waals surface area contributed by atoms with Gasteiger partial charge in [-0.05, 0) is 18.2 Å². The number of benzene rings is 2. The molecule has 0 saturated carbocycles. The molecule has 0 atom stereocenters. The van der Waals surface area contributed by atoms with Crippen LogP contribution in [0.5, 0.6) is 5.88 Å². The van der Waals surface area contributed by atoms with Gasteiger partial charge in [-0.15, -0.1) is 10.2 Å². The summed E-state index contributed by atoms with van der Waals surface area (Å²) in [5.41, 5.74) is -1.25. The highest BCUT2D eigenvalue weighted by Gasteiger charge is 2.24. The predicted molar refractivity (Wildman–Crippen MR) is 96.3 cm³/mol. The summed E-state index contributed by atoms with van der Waals surface area (Å²) >= 11 is 3.27. The first-order valence-electron chi connectivity index (χ1n) is 7.17. The smallest absolute Gasteiger partial charge is 0.302 e. The standard InChI is InChI=1S/C15H8BrN5O6/c16-7-1-3-11-9(5-7)13(15(23)17-11)18-19-14(22)10-6-8(20(24)25)2-4-12(10)21(26)27/h1-6,17,23H. The predicted octanol–water partition coefficient (Wildman–Crippen LogP) is 4.38. The number of hydrogen-bond donors (Lipinski definition) is 2. The van der Waals surface area contributed by atoms with Gasteiger partial charge >= 0.3 is 5.91 Å². The molecule has 0 aliphatic carbocycles. The van der Waals surface area contributed by atoms with Crippen LogP contribution in [0.15, 0.2) is 51.1 Å². The largest absolute Gasteiger partial charge is 0.493 e. The van der Waals surface area contributed by atoms with Crippen molar-refractivity contribution in [2.24, 2.45) is 10.2 Å². The van der Waals surface area contributed by atoms with Crippen molar-refractivity contribution >= 4 is 49.8 Å². The summed E-state index contributed by atoms with van der Waals surface area (Å²) in [6.45, 7) is 0. The number of H-pyrrole nitrogens is 1. The molecule has 11 nitrogen and oxygen atoms in total. The van der Waals surface area contributed by atoms with E-state index in [1.54, 1.807) is 18.2 Å². The summed E-state index contributed by atoms with van der Waals surface area (Å²) in [4.78, 5) is 35.2. The maximum atomic E-state index is 12.3. The third-order valence-corrected chi connectivity index (χ3v) is 4.07. The molecule has 0 unspecified atom stereocenters. The Morgan fingerprint density at radius 3 is 2.52 bits per heavy atom. The number of azo groups is 1. The molecule has 0 radical (unpaired) electrons. The number of nitrogens with one attached hydrogen (secondary N) is 1. The van der Waals surface area contributed by atoms with Crippen molar-refractivity contribution in [1.29, 1.82) is 0 Å². The van der Waals surface area contributed by atoms with Crippen LogP contribution >= 0.6 is 15.9 Å². The lowest BCUT2D eigenvalue weighted by atomic mass is 10.1. The molecule has 0 aliphatic rings. The Hall–Kier alpha value is -3.67. The van der Waals surface area contributed by atoms with Gasteiger partial charge in [0.1, 0.15) is 5.56 Å². The highest BCUT2D eigenvalue weighted by Crippen LogP contribution is 2.37. The molecule has 2 N–H and O–H groups in total. The number of hydrogen-bond acceptors (Lipinski definition) is 7. The highest BCUT2D eigenvalue weighted by atomic mass is 79.9. The molecule has 3 aromatic rings. The molecule has 0 saturated heterocycles. The van der Waals surface area contributed by atoms with Crippen molar-refractivity contribution in [3.63, 3.8) is 0 Å². The van der Waals surface area contributed by atoms with Crippen LogP contribution in [-0.4, -0.2) is 25.8 Å². The van der Waals surface area contributed by atoms with Gasteiger partial charge in [-0.1, -0.05) is 15.9 Å². The zero-order valence-corrected chi connectivity index (χ0v) is 14.7. The number of fused-ring (bicyclic) bond motifs is 1. The second kappa shape index (κ2) is 6.92. The average Bonchev–Trinajstić information content (AvgIpc) is 2.93. The summed E-state index contributed by atoms with van der Waals surface area (Å²) in [6, 6.07) is 7.52. The van der Waals surface area contributed by atoms with Crippen LogP contribution in [0.4, 0.5) is 17.1 Å². The number of carbonyl (C=O) groups excluding carboxylic acids is 1. The molecule has 0 aliphatic heterocycles. The van der Waals surface area contributed by atoms with Crippen LogP contribution in [0.3, 0.4) is 0 Å². The molecule has 0 fully saturated rings. The monoisotopic (exact) mass is 433 g/mol. The minimum atomic E-state index is -1.16. The van der Waals surface area contributed by atoms with Crippen molar-refractivity contribution < 1.29 is 19.7 Å². The van der Waals surface area contributed by atoms with Gasteiger partial charge in [-0.3, -0.25) is 25.0 Å². The number of rotatable bonds is 4. The van der Waals surface area contributed by atoms with E-state index in [-0.39, 0.29) is 11.6 Å². The summed E-state index contributed by atoms with van der Waals surface area (Å²) in [6.07, 6.45) is 0. The van der Waals surface area contributed by atoms with E-state index < -0.39 is 32.7 Å². The van der Waals surface area contributed by atoms with Gasteiger partial charge < -0.3 is 10.1 Å². The lowest BCUT2D eigenvalue weighted by molar-refractivity contribution is -0.389. The van der Waals surface area contributed by atoms with Crippen molar-refractivity contribution in [3.8, 4) is 5.88 Å². The number of halogens is 1. The first-order chi connectivity index (χ1) is 12.8. The number of nitro groups is 2. The molecule has 1 amide bonds. The van der Waals surface area contributed by atoms with E-state index in [0.717, 1.165) is 18.2 Å². The summed E-state index contributed by atoms with van der Waals surface area (Å²) in [7, 11) is 0. The molecular weight excluding hydrogens is 426 g/mol. The van der Waals surface area contributed by atoms with Gasteiger partial charge in [0.15, 0.2) is 5.69 Å². The second-order valence-corrected chi connectivity index (χ2v) is 6.15. The topological polar surface area (TPSA) is 164 Å². The molecule has 12 heteroatoms. The maximum absolute atomic E-state index is 12.3. The Bertz CT molecular complexity index is 1140. The van der Waals surface area contributed by atoms with Gasteiger partial charge in [0.25, 0.3) is 11.4 Å². The van der Waals surface area contributed by atoms with Crippen LogP contribution in [0, 0.1) is 20.2 Å². The maximum Gasteiger partial charge on any atom is 0.302 e. The SMILES string of the molecule is O=C(N=Nc1c(O)[nH]c2ccc(Br)cc12)c1cc([N+](=O)[O-])ccc1[N+](=O)[O-]. The van der Waals surface area contributed by atoms with Crippen LogP contribution in [0.25, 0.3) is 10.9 Å². The molecule has 0 bridgehead atoms. The lowest BCUT2D eigenvalue weighted by Crippen LogP contribution is -2.02. The first-order valence-corrected chi connectivity index (χ1v) is 7.96. The molecule has 27 heavy (non-hydrogen) atoms. The van der Waals surface area contributed by atoms with Crippen LogP contribution < -0.4 is 0 Å². The van der Waals surface area contributed by atoms with Gasteiger partial charge in [-0.25, -0.2) is 0 Å². The fraction of sp³-hybridized carbons (Fsp3) is 0. The van der Waals surface area contributed by atoms with E-state index in [9.17, 15) is 30.1 Å². The summed E-state index contributed by atoms with van der Waals surface area (Å²) in [5, 5.41) is 39.4. The Labute approximate surface area is 157 Å². The van der Waals surface area contributed by atoms with Gasteiger partial charge in [0.05, 0.1) is 15.4 Å². The lowest BCUT2D eigenvalue weighted by Gasteiger charge is -1.98. The number of nitro benzene ring substituents is 2. The number of aromatic hydroxyl groups is 1. The van der Waals surface area contributed by atoms with E-state index in [1.165, 1.54) is 0 Å². The number of aromatic amines is 1. The van der Waals surface area contributed by atoms with E-state index in [1.807, 2.05) is 0 Å². The van der Waals surface area contributed by atoms with Crippen molar-refractivity contribution in [1.82, 2.24) is 4.98 Å². The van der Waals surface area contributed by atoms with E-state index in [4.69, 9.17) is 0 Å². The molecule has 2 aromatic carbocycles. The zero-order chi connectivity index (χ0) is 19.7. The van der Waals surface area contributed by atoms with Crippen LogP contribution in [-0.2, 0) is 0 Å². The number of nitrogens with zero attached hydrogens (tertiary/aromatic N) is 4. The van der Waals surface area contributed by atoms with E-state index >= 15 is 0 Å². The fourth-order valence-corrected chi connectivity index (χ4v) is 2.72. The third-order valence-electron chi connectivity index (χ3n) is 3.57. The number of aromatic nitrogens is 1. The minimum absolute atomic E-state index is 0.0484. The number of amides is 1. The molecule has 1 heterocycles. The van der Waals surface area contributed by atoms with Crippen molar-refractivity contribution in [3.05, 3.63) is 66.7 Å². The molecule has 1 aromatic heterocycles. The molecular formula is C15H8BrN5O6. The number of non-ortho nitro benzene ring substituents is 1. The average molecular weight is 434 g/mol. The van der Waals surface area contributed by atoms with E-state index in [2.05, 4.69) is 31.1 Å². The third kappa shape index (κ3) is 3.50. The first kappa shape index (κ1) is 18.1. The van der Waals surface area contributed by atoms with E-state index in [0.29, 0.717) is 15.4 Å². The summed E-state index contributed by atoms with van der Waals surface area (Å²) in [5.74, 6) is -1.51. The van der Waals surface area contributed by atoms with Crippen molar-refractivity contribution in [2.75, 3.05) is 0 Å².